The molecule has 21 heavy (non-hydrogen) atoms. The van der Waals surface area contributed by atoms with Gasteiger partial charge < -0.3 is 10.1 Å². The highest BCUT2D eigenvalue weighted by Gasteiger charge is 2.20. The SMILES string of the molecule is CCCNC(c1csc(C)c1)c1ccccc1OC(F)F. The van der Waals surface area contributed by atoms with E-state index in [0.29, 0.717) is 0 Å². The first-order chi connectivity index (χ1) is 10.1. The average Bonchev–Trinajstić information content (AvgIpc) is 2.87. The van der Waals surface area contributed by atoms with Gasteiger partial charge in [0.1, 0.15) is 5.75 Å². The van der Waals surface area contributed by atoms with Crippen LogP contribution in [0.5, 0.6) is 5.75 Å². The van der Waals surface area contributed by atoms with Crippen LogP contribution in [-0.2, 0) is 0 Å². The Labute approximate surface area is 127 Å². The van der Waals surface area contributed by atoms with Gasteiger partial charge in [0.25, 0.3) is 0 Å². The zero-order chi connectivity index (χ0) is 15.2. The summed E-state index contributed by atoms with van der Waals surface area (Å²) >= 11 is 1.65. The Balaban J connectivity index is 2.36. The summed E-state index contributed by atoms with van der Waals surface area (Å²) in [5.74, 6) is 0.227. The Bertz CT molecular complexity index is 571. The van der Waals surface area contributed by atoms with Crippen LogP contribution >= 0.6 is 11.3 Å². The van der Waals surface area contributed by atoms with E-state index in [2.05, 4.69) is 28.4 Å². The van der Waals surface area contributed by atoms with Crippen LogP contribution in [0.25, 0.3) is 0 Å². The Kier molecular flexibility index (Phi) is 5.70. The fraction of sp³-hybridized carbons (Fsp3) is 0.375. The molecule has 1 aromatic carbocycles. The van der Waals surface area contributed by atoms with Gasteiger partial charge >= 0.3 is 6.61 Å². The molecular weight excluding hydrogens is 292 g/mol. The fourth-order valence-electron chi connectivity index (χ4n) is 2.23. The van der Waals surface area contributed by atoms with Crippen molar-refractivity contribution in [3.63, 3.8) is 0 Å². The van der Waals surface area contributed by atoms with Gasteiger partial charge in [0.15, 0.2) is 0 Å². The van der Waals surface area contributed by atoms with Crippen molar-refractivity contribution < 1.29 is 13.5 Å². The minimum absolute atomic E-state index is 0.134. The van der Waals surface area contributed by atoms with E-state index in [0.717, 1.165) is 24.1 Å². The average molecular weight is 311 g/mol. The second-order valence-electron chi connectivity index (χ2n) is 4.79. The van der Waals surface area contributed by atoms with Crippen LogP contribution in [-0.4, -0.2) is 13.2 Å². The maximum Gasteiger partial charge on any atom is 0.387 e. The number of hydrogen-bond acceptors (Lipinski definition) is 3. The lowest BCUT2D eigenvalue weighted by atomic mass is 9.99. The number of halogens is 2. The van der Waals surface area contributed by atoms with Crippen molar-refractivity contribution in [1.82, 2.24) is 5.32 Å². The molecule has 1 N–H and O–H groups in total. The Morgan fingerprint density at radius 2 is 2.05 bits per heavy atom. The largest absolute Gasteiger partial charge is 0.434 e. The first-order valence-corrected chi connectivity index (χ1v) is 7.82. The molecule has 114 valence electrons. The van der Waals surface area contributed by atoms with E-state index >= 15 is 0 Å². The van der Waals surface area contributed by atoms with E-state index in [1.165, 1.54) is 4.88 Å². The molecule has 0 saturated heterocycles. The fourth-order valence-corrected chi connectivity index (χ4v) is 2.96. The number of alkyl halides is 2. The molecule has 0 spiro atoms. The Morgan fingerprint density at radius 3 is 2.67 bits per heavy atom. The lowest BCUT2D eigenvalue weighted by Gasteiger charge is -2.21. The number of ether oxygens (including phenoxy) is 1. The van der Waals surface area contributed by atoms with Gasteiger partial charge in [0, 0.05) is 10.4 Å². The summed E-state index contributed by atoms with van der Waals surface area (Å²) in [6.45, 7) is 2.10. The summed E-state index contributed by atoms with van der Waals surface area (Å²) < 4.78 is 29.8. The molecule has 0 radical (unpaired) electrons. The molecule has 2 aromatic rings. The summed E-state index contributed by atoms with van der Waals surface area (Å²) in [4.78, 5) is 1.19. The summed E-state index contributed by atoms with van der Waals surface area (Å²) in [5.41, 5.74) is 1.82. The van der Waals surface area contributed by atoms with Crippen LogP contribution in [0.3, 0.4) is 0 Å². The van der Waals surface area contributed by atoms with Crippen LogP contribution in [0, 0.1) is 6.92 Å². The van der Waals surface area contributed by atoms with E-state index < -0.39 is 6.61 Å². The number of para-hydroxylation sites is 1. The van der Waals surface area contributed by atoms with Crippen molar-refractivity contribution in [3.05, 3.63) is 51.7 Å². The van der Waals surface area contributed by atoms with Crippen LogP contribution < -0.4 is 10.1 Å². The molecule has 0 fully saturated rings. The Hall–Kier alpha value is -1.46. The number of benzene rings is 1. The third-order valence-corrected chi connectivity index (χ3v) is 4.01. The van der Waals surface area contributed by atoms with Gasteiger partial charge in [-0.2, -0.15) is 8.78 Å². The number of nitrogens with one attached hydrogen (secondary N) is 1. The molecule has 0 amide bonds. The van der Waals surface area contributed by atoms with Gasteiger partial charge in [0.2, 0.25) is 0 Å². The molecule has 1 heterocycles. The van der Waals surface area contributed by atoms with Crippen molar-refractivity contribution in [1.29, 1.82) is 0 Å². The monoisotopic (exact) mass is 311 g/mol. The zero-order valence-corrected chi connectivity index (χ0v) is 12.9. The third kappa shape index (κ3) is 4.25. The number of hydrogen-bond donors (Lipinski definition) is 1. The smallest absolute Gasteiger partial charge is 0.387 e. The number of thiophene rings is 1. The molecule has 1 atom stereocenters. The molecular formula is C16H19F2NOS. The van der Waals surface area contributed by atoms with Gasteiger partial charge in [-0.1, -0.05) is 25.1 Å². The van der Waals surface area contributed by atoms with Gasteiger partial charge in [-0.25, -0.2) is 0 Å². The maximum atomic E-state index is 12.6. The number of aryl methyl sites for hydroxylation is 1. The highest BCUT2D eigenvalue weighted by molar-refractivity contribution is 7.10. The van der Waals surface area contributed by atoms with E-state index in [4.69, 9.17) is 0 Å². The van der Waals surface area contributed by atoms with Crippen LogP contribution in [0.2, 0.25) is 0 Å². The Morgan fingerprint density at radius 1 is 1.29 bits per heavy atom. The molecule has 1 aromatic heterocycles. The normalized spacial score (nSPS) is 12.6. The molecule has 0 aliphatic rings. The van der Waals surface area contributed by atoms with Crippen molar-refractivity contribution >= 4 is 11.3 Å². The molecule has 0 saturated carbocycles. The second-order valence-corrected chi connectivity index (χ2v) is 5.91. The summed E-state index contributed by atoms with van der Waals surface area (Å²) in [6.07, 6.45) is 0.970. The number of rotatable bonds is 7. The van der Waals surface area contributed by atoms with Crippen molar-refractivity contribution in [2.24, 2.45) is 0 Å². The highest BCUT2D eigenvalue weighted by Crippen LogP contribution is 2.33. The molecule has 0 bridgehead atoms. The topological polar surface area (TPSA) is 21.3 Å². The van der Waals surface area contributed by atoms with E-state index in [1.54, 1.807) is 23.5 Å². The van der Waals surface area contributed by atoms with Gasteiger partial charge in [-0.3, -0.25) is 0 Å². The second kappa shape index (κ2) is 7.52. The first kappa shape index (κ1) is 15.9. The minimum Gasteiger partial charge on any atom is -0.434 e. The molecule has 2 rings (SSSR count). The molecule has 2 nitrogen and oxygen atoms in total. The predicted molar refractivity (Wildman–Crippen MR) is 82.3 cm³/mol. The maximum absolute atomic E-state index is 12.6. The lowest BCUT2D eigenvalue weighted by Crippen LogP contribution is -2.23. The molecule has 1 unspecified atom stereocenters. The third-order valence-electron chi connectivity index (χ3n) is 3.13. The lowest BCUT2D eigenvalue weighted by molar-refractivity contribution is -0.0506. The van der Waals surface area contributed by atoms with Crippen LogP contribution in [0.15, 0.2) is 35.7 Å². The summed E-state index contributed by atoms with van der Waals surface area (Å²) in [6, 6.07) is 8.91. The minimum atomic E-state index is -2.82. The quantitative estimate of drug-likeness (QED) is 0.797. The summed E-state index contributed by atoms with van der Waals surface area (Å²) in [5, 5.41) is 5.47. The van der Waals surface area contributed by atoms with Crippen molar-refractivity contribution in [3.8, 4) is 5.75 Å². The van der Waals surface area contributed by atoms with Gasteiger partial charge in [-0.05, 0) is 43.0 Å². The summed E-state index contributed by atoms with van der Waals surface area (Å²) in [7, 11) is 0. The van der Waals surface area contributed by atoms with E-state index in [-0.39, 0.29) is 11.8 Å². The van der Waals surface area contributed by atoms with Gasteiger partial charge in [0.05, 0.1) is 6.04 Å². The standard InChI is InChI=1S/C16H19F2NOS/c1-3-8-19-15(12-9-11(2)21-10-12)13-6-4-5-7-14(13)20-16(17)18/h4-7,9-10,15-16,19H,3,8H2,1-2H3. The first-order valence-electron chi connectivity index (χ1n) is 6.94. The van der Waals surface area contributed by atoms with Crippen LogP contribution in [0.4, 0.5) is 8.78 Å². The van der Waals surface area contributed by atoms with E-state index in [1.807, 2.05) is 19.1 Å². The van der Waals surface area contributed by atoms with Crippen molar-refractivity contribution in [2.45, 2.75) is 32.9 Å². The highest BCUT2D eigenvalue weighted by atomic mass is 32.1. The molecule has 0 aliphatic heterocycles. The zero-order valence-electron chi connectivity index (χ0n) is 12.1. The van der Waals surface area contributed by atoms with Gasteiger partial charge in [-0.15, -0.1) is 11.3 Å². The molecule has 5 heteroatoms. The van der Waals surface area contributed by atoms with Crippen molar-refractivity contribution in [2.75, 3.05) is 6.54 Å². The van der Waals surface area contributed by atoms with Crippen LogP contribution in [0.1, 0.15) is 35.4 Å². The predicted octanol–water partition coefficient (Wildman–Crippen LogP) is 4.75. The van der Waals surface area contributed by atoms with E-state index in [9.17, 15) is 8.78 Å². The molecule has 0 aliphatic carbocycles.